The van der Waals surface area contributed by atoms with Crippen LogP contribution >= 0.6 is 0 Å². The van der Waals surface area contributed by atoms with E-state index in [2.05, 4.69) is 5.92 Å². The second kappa shape index (κ2) is 4.73. The number of benzene rings is 1. The van der Waals surface area contributed by atoms with E-state index in [1.54, 1.807) is 0 Å². The molecule has 1 atom stereocenters. The summed E-state index contributed by atoms with van der Waals surface area (Å²) in [4.78, 5) is 0. The van der Waals surface area contributed by atoms with Crippen LogP contribution in [0.1, 0.15) is 24.5 Å². The van der Waals surface area contributed by atoms with Gasteiger partial charge in [0.05, 0.1) is 6.10 Å². The van der Waals surface area contributed by atoms with Crippen molar-refractivity contribution in [3.63, 3.8) is 0 Å². The van der Waals surface area contributed by atoms with Crippen LogP contribution in [0.2, 0.25) is 0 Å². The van der Waals surface area contributed by atoms with Gasteiger partial charge in [-0.15, -0.1) is 12.3 Å². The minimum Gasteiger partial charge on any atom is -0.388 e. The molecule has 1 aromatic carbocycles. The summed E-state index contributed by atoms with van der Waals surface area (Å²) in [6.07, 6.45) is 4.52. The molecule has 1 rings (SSSR count). The Kier molecular flexibility index (Phi) is 3.61. The molecule has 0 bridgehead atoms. The van der Waals surface area contributed by atoms with Gasteiger partial charge >= 0.3 is 0 Å². The van der Waals surface area contributed by atoms with Gasteiger partial charge in [-0.05, 0) is 12.5 Å². The number of aliphatic hydroxyl groups is 1. The minimum atomic E-state index is -1.04. The number of hydrogen-bond donors (Lipinski definition) is 1. The summed E-state index contributed by atoms with van der Waals surface area (Å²) in [5.74, 6) is 0.367. The van der Waals surface area contributed by atoms with E-state index in [1.807, 2.05) is 0 Å². The maximum Gasteiger partial charge on any atom is 0.164 e. The van der Waals surface area contributed by atoms with E-state index in [1.165, 1.54) is 12.1 Å². The van der Waals surface area contributed by atoms with Crippen LogP contribution in [-0.4, -0.2) is 5.11 Å². The molecule has 0 aromatic heterocycles. The molecule has 1 unspecified atom stereocenters. The molecule has 0 saturated carbocycles. The molecule has 0 fully saturated rings. The summed E-state index contributed by atoms with van der Waals surface area (Å²) in [7, 11) is 0. The van der Waals surface area contributed by atoms with Crippen LogP contribution in [0.5, 0.6) is 0 Å². The first-order valence-electron chi connectivity index (χ1n) is 4.22. The van der Waals surface area contributed by atoms with E-state index in [0.29, 0.717) is 6.42 Å². The lowest BCUT2D eigenvalue weighted by Crippen LogP contribution is -2.02. The predicted molar refractivity (Wildman–Crippen MR) is 49.4 cm³/mol. The first kappa shape index (κ1) is 10.7. The molecule has 0 saturated heterocycles. The molecule has 1 N–H and O–H groups in total. The van der Waals surface area contributed by atoms with Gasteiger partial charge in [-0.1, -0.05) is 12.1 Å². The first-order valence-corrected chi connectivity index (χ1v) is 4.22. The van der Waals surface area contributed by atoms with Crippen LogP contribution in [-0.2, 0) is 0 Å². The van der Waals surface area contributed by atoms with E-state index < -0.39 is 17.7 Å². The van der Waals surface area contributed by atoms with Gasteiger partial charge in [0.15, 0.2) is 11.6 Å². The molecule has 74 valence electrons. The Bertz CT molecular complexity index is 355. The maximum absolute atomic E-state index is 13.1. The fraction of sp³-hybridized carbons (Fsp3) is 0.273. The van der Waals surface area contributed by atoms with Crippen LogP contribution in [0, 0.1) is 24.0 Å². The highest BCUT2D eigenvalue weighted by molar-refractivity contribution is 5.21. The lowest BCUT2D eigenvalue weighted by molar-refractivity contribution is 0.163. The summed E-state index contributed by atoms with van der Waals surface area (Å²) >= 11 is 0. The van der Waals surface area contributed by atoms with Crippen molar-refractivity contribution in [3.05, 3.63) is 35.4 Å². The highest BCUT2D eigenvalue weighted by atomic mass is 19.2. The van der Waals surface area contributed by atoms with Crippen molar-refractivity contribution >= 4 is 0 Å². The largest absolute Gasteiger partial charge is 0.388 e. The Morgan fingerprint density at radius 2 is 2.14 bits per heavy atom. The number of terminal acetylenes is 1. The Balaban J connectivity index is 2.85. The van der Waals surface area contributed by atoms with Crippen LogP contribution < -0.4 is 0 Å². The Morgan fingerprint density at radius 3 is 2.79 bits per heavy atom. The SMILES string of the molecule is C#CCCC(O)c1cccc(F)c1F. The average molecular weight is 196 g/mol. The first-order chi connectivity index (χ1) is 6.66. The topological polar surface area (TPSA) is 20.2 Å². The summed E-state index contributed by atoms with van der Waals surface area (Å²) in [6, 6.07) is 3.71. The molecule has 0 radical (unpaired) electrons. The predicted octanol–water partition coefficient (Wildman–Crippen LogP) is 2.41. The number of aliphatic hydroxyl groups excluding tert-OH is 1. The van der Waals surface area contributed by atoms with Gasteiger partial charge in [-0.25, -0.2) is 8.78 Å². The number of rotatable bonds is 3. The van der Waals surface area contributed by atoms with Crippen molar-refractivity contribution in [1.29, 1.82) is 0 Å². The monoisotopic (exact) mass is 196 g/mol. The molecular formula is C11H10F2O. The molecular weight excluding hydrogens is 186 g/mol. The quantitative estimate of drug-likeness (QED) is 0.736. The highest BCUT2D eigenvalue weighted by Gasteiger charge is 2.14. The molecule has 0 aliphatic heterocycles. The fourth-order valence-electron chi connectivity index (χ4n) is 1.15. The Labute approximate surface area is 81.4 Å². The van der Waals surface area contributed by atoms with Crippen molar-refractivity contribution in [3.8, 4) is 12.3 Å². The van der Waals surface area contributed by atoms with Crippen LogP contribution in [0.15, 0.2) is 18.2 Å². The molecule has 0 amide bonds. The molecule has 0 aliphatic carbocycles. The van der Waals surface area contributed by atoms with Gasteiger partial charge in [0.1, 0.15) is 0 Å². The molecule has 0 heterocycles. The van der Waals surface area contributed by atoms with E-state index in [-0.39, 0.29) is 12.0 Å². The van der Waals surface area contributed by atoms with Gasteiger partial charge < -0.3 is 5.11 Å². The molecule has 3 heteroatoms. The molecule has 0 spiro atoms. The summed E-state index contributed by atoms with van der Waals surface area (Å²) < 4.78 is 25.8. The zero-order chi connectivity index (χ0) is 10.6. The van der Waals surface area contributed by atoms with E-state index >= 15 is 0 Å². The van der Waals surface area contributed by atoms with E-state index in [9.17, 15) is 13.9 Å². The second-order valence-electron chi connectivity index (χ2n) is 2.90. The molecule has 0 aliphatic rings. The van der Waals surface area contributed by atoms with Crippen molar-refractivity contribution in [2.75, 3.05) is 0 Å². The molecule has 14 heavy (non-hydrogen) atoms. The summed E-state index contributed by atoms with van der Waals surface area (Å²) in [5.41, 5.74) is -0.0414. The lowest BCUT2D eigenvalue weighted by Gasteiger charge is -2.10. The lowest BCUT2D eigenvalue weighted by atomic mass is 10.0. The fourth-order valence-corrected chi connectivity index (χ4v) is 1.15. The van der Waals surface area contributed by atoms with E-state index in [0.717, 1.165) is 6.07 Å². The van der Waals surface area contributed by atoms with Crippen molar-refractivity contribution in [2.24, 2.45) is 0 Å². The van der Waals surface area contributed by atoms with Crippen LogP contribution in [0.3, 0.4) is 0 Å². The van der Waals surface area contributed by atoms with Crippen molar-refractivity contribution < 1.29 is 13.9 Å². The van der Waals surface area contributed by atoms with Gasteiger partial charge in [-0.2, -0.15) is 0 Å². The van der Waals surface area contributed by atoms with Gasteiger partial charge in [-0.3, -0.25) is 0 Å². The zero-order valence-corrected chi connectivity index (χ0v) is 7.50. The average Bonchev–Trinajstić information content (AvgIpc) is 2.18. The van der Waals surface area contributed by atoms with Crippen LogP contribution in [0.25, 0.3) is 0 Å². The third-order valence-corrected chi connectivity index (χ3v) is 1.90. The normalized spacial score (nSPS) is 12.1. The van der Waals surface area contributed by atoms with Gasteiger partial charge in [0.2, 0.25) is 0 Å². The Morgan fingerprint density at radius 1 is 1.43 bits per heavy atom. The maximum atomic E-state index is 13.1. The minimum absolute atomic E-state index is 0.0414. The second-order valence-corrected chi connectivity index (χ2v) is 2.90. The van der Waals surface area contributed by atoms with Gasteiger partial charge in [0.25, 0.3) is 0 Å². The summed E-state index contributed by atoms with van der Waals surface area (Å²) in [6.45, 7) is 0. The highest BCUT2D eigenvalue weighted by Crippen LogP contribution is 2.22. The number of hydrogen-bond acceptors (Lipinski definition) is 1. The standard InChI is InChI=1S/C11H10F2O/c1-2-3-7-10(14)8-5-4-6-9(12)11(8)13/h1,4-6,10,14H,3,7H2. The Hall–Kier alpha value is -1.40. The number of halogens is 2. The van der Waals surface area contributed by atoms with Crippen molar-refractivity contribution in [1.82, 2.24) is 0 Å². The summed E-state index contributed by atoms with van der Waals surface area (Å²) in [5, 5.41) is 9.45. The van der Waals surface area contributed by atoms with Gasteiger partial charge in [0, 0.05) is 12.0 Å². The van der Waals surface area contributed by atoms with Crippen molar-refractivity contribution in [2.45, 2.75) is 18.9 Å². The smallest absolute Gasteiger partial charge is 0.164 e. The third-order valence-electron chi connectivity index (χ3n) is 1.90. The third kappa shape index (κ3) is 2.30. The van der Waals surface area contributed by atoms with Crippen LogP contribution in [0.4, 0.5) is 8.78 Å². The zero-order valence-electron chi connectivity index (χ0n) is 7.50. The molecule has 1 nitrogen and oxygen atoms in total. The molecule has 1 aromatic rings. The van der Waals surface area contributed by atoms with E-state index in [4.69, 9.17) is 6.42 Å².